The zero-order valence-electron chi connectivity index (χ0n) is 16.3. The van der Waals surface area contributed by atoms with Gasteiger partial charge in [0.1, 0.15) is 0 Å². The van der Waals surface area contributed by atoms with Crippen molar-refractivity contribution in [3.63, 3.8) is 0 Å². The fourth-order valence-electron chi connectivity index (χ4n) is 5.76. The van der Waals surface area contributed by atoms with Gasteiger partial charge >= 0.3 is 6.09 Å². The first-order valence-electron chi connectivity index (χ1n) is 10.5. The first-order chi connectivity index (χ1) is 12.5. The number of hydrogen-bond donors (Lipinski definition) is 0. The predicted octanol–water partition coefficient (Wildman–Crippen LogP) is 2.47. The molecule has 26 heavy (non-hydrogen) atoms. The molecule has 0 unspecified atom stereocenters. The van der Waals surface area contributed by atoms with Crippen LogP contribution in [-0.2, 0) is 9.53 Å². The molecule has 4 fully saturated rings. The molecule has 6 nitrogen and oxygen atoms in total. The number of carbonyl (C=O) groups is 2. The molecule has 1 atom stereocenters. The summed E-state index contributed by atoms with van der Waals surface area (Å²) in [6.45, 7) is 8.50. The van der Waals surface area contributed by atoms with Crippen LogP contribution in [0.25, 0.3) is 0 Å². The van der Waals surface area contributed by atoms with E-state index in [-0.39, 0.29) is 6.09 Å². The zero-order chi connectivity index (χ0) is 18.3. The quantitative estimate of drug-likeness (QED) is 0.770. The van der Waals surface area contributed by atoms with Gasteiger partial charge in [0.05, 0.1) is 6.61 Å². The first-order valence-corrected chi connectivity index (χ1v) is 10.5. The fourth-order valence-corrected chi connectivity index (χ4v) is 5.76. The molecular formula is C20H33N3O3. The number of amides is 2. The van der Waals surface area contributed by atoms with Gasteiger partial charge in [0, 0.05) is 56.1 Å². The molecule has 6 heteroatoms. The first kappa shape index (κ1) is 18.1. The average Bonchev–Trinajstić information content (AvgIpc) is 2.94. The van der Waals surface area contributed by atoms with Crippen LogP contribution in [0.2, 0.25) is 0 Å². The molecule has 3 aliphatic heterocycles. The monoisotopic (exact) mass is 363 g/mol. The van der Waals surface area contributed by atoms with Gasteiger partial charge < -0.3 is 19.4 Å². The van der Waals surface area contributed by atoms with E-state index in [1.165, 1.54) is 12.8 Å². The fraction of sp³-hybridized carbons (Fsp3) is 0.900. The molecule has 1 saturated carbocycles. The van der Waals surface area contributed by atoms with Crippen molar-refractivity contribution in [2.75, 3.05) is 32.8 Å². The molecule has 4 rings (SSSR count). The summed E-state index contributed by atoms with van der Waals surface area (Å²) in [5, 5.41) is 0. The SMILES string of the molecule is CCOC(=O)N1CC2(CC(N3CCC(N4C(=O)CC[C@@H]4CC)CC3)C2)C1. The van der Waals surface area contributed by atoms with Crippen LogP contribution >= 0.6 is 0 Å². The Balaban J connectivity index is 1.21. The highest BCUT2D eigenvalue weighted by Crippen LogP contribution is 2.50. The maximum Gasteiger partial charge on any atom is 0.409 e. The molecule has 1 aliphatic carbocycles. The number of rotatable bonds is 4. The van der Waals surface area contributed by atoms with E-state index in [0.717, 1.165) is 58.3 Å². The van der Waals surface area contributed by atoms with Crippen LogP contribution in [0.4, 0.5) is 4.79 Å². The molecule has 1 spiro atoms. The lowest BCUT2D eigenvalue weighted by Gasteiger charge is -2.61. The van der Waals surface area contributed by atoms with Crippen LogP contribution in [0.3, 0.4) is 0 Å². The van der Waals surface area contributed by atoms with Gasteiger partial charge in [0.25, 0.3) is 0 Å². The summed E-state index contributed by atoms with van der Waals surface area (Å²) in [4.78, 5) is 30.7. The molecule has 0 aromatic carbocycles. The number of nitrogens with zero attached hydrogens (tertiary/aromatic N) is 3. The number of carbonyl (C=O) groups excluding carboxylic acids is 2. The van der Waals surface area contributed by atoms with E-state index in [1.807, 2.05) is 11.8 Å². The van der Waals surface area contributed by atoms with Gasteiger partial charge in [-0.2, -0.15) is 0 Å². The second kappa shape index (κ2) is 7.02. The van der Waals surface area contributed by atoms with Crippen LogP contribution < -0.4 is 0 Å². The number of piperidine rings is 1. The van der Waals surface area contributed by atoms with Gasteiger partial charge in [-0.3, -0.25) is 4.79 Å². The maximum atomic E-state index is 12.3. The summed E-state index contributed by atoms with van der Waals surface area (Å²) in [5.74, 6) is 0.381. The molecule has 0 aromatic rings. The van der Waals surface area contributed by atoms with Crippen molar-refractivity contribution in [3.05, 3.63) is 0 Å². The lowest BCUT2D eigenvalue weighted by molar-refractivity contribution is -0.134. The summed E-state index contributed by atoms with van der Waals surface area (Å²) in [6.07, 6.45) is 7.43. The molecule has 0 radical (unpaired) electrons. The van der Waals surface area contributed by atoms with E-state index in [9.17, 15) is 9.59 Å². The van der Waals surface area contributed by atoms with Crippen molar-refractivity contribution in [1.82, 2.24) is 14.7 Å². The van der Waals surface area contributed by atoms with E-state index >= 15 is 0 Å². The second-order valence-corrected chi connectivity index (χ2v) is 8.79. The third-order valence-corrected chi connectivity index (χ3v) is 7.17. The molecule has 3 heterocycles. The smallest absolute Gasteiger partial charge is 0.409 e. The highest BCUT2D eigenvalue weighted by atomic mass is 16.6. The third-order valence-electron chi connectivity index (χ3n) is 7.17. The normalized spacial score (nSPS) is 29.8. The van der Waals surface area contributed by atoms with Gasteiger partial charge in [-0.25, -0.2) is 4.79 Å². The molecule has 4 aliphatic rings. The van der Waals surface area contributed by atoms with E-state index in [4.69, 9.17) is 4.74 Å². The Kier molecular flexibility index (Phi) is 4.88. The molecule has 0 N–H and O–H groups in total. The van der Waals surface area contributed by atoms with Crippen molar-refractivity contribution in [1.29, 1.82) is 0 Å². The predicted molar refractivity (Wildman–Crippen MR) is 98.8 cm³/mol. The number of ether oxygens (including phenoxy) is 1. The minimum atomic E-state index is -0.150. The van der Waals surface area contributed by atoms with Gasteiger partial charge in [0.2, 0.25) is 5.91 Å². The number of likely N-dealkylation sites (tertiary alicyclic amines) is 3. The van der Waals surface area contributed by atoms with Gasteiger partial charge in [-0.15, -0.1) is 0 Å². The van der Waals surface area contributed by atoms with Crippen LogP contribution in [0.15, 0.2) is 0 Å². The molecular weight excluding hydrogens is 330 g/mol. The van der Waals surface area contributed by atoms with Crippen LogP contribution in [0.5, 0.6) is 0 Å². The summed E-state index contributed by atoms with van der Waals surface area (Å²) in [7, 11) is 0. The molecule has 146 valence electrons. The molecule has 0 bridgehead atoms. The largest absolute Gasteiger partial charge is 0.450 e. The Hall–Kier alpha value is -1.30. The maximum absolute atomic E-state index is 12.3. The Morgan fingerprint density at radius 2 is 1.81 bits per heavy atom. The van der Waals surface area contributed by atoms with E-state index in [1.54, 1.807) is 0 Å². The van der Waals surface area contributed by atoms with Crippen molar-refractivity contribution in [2.45, 2.75) is 76.9 Å². The minimum Gasteiger partial charge on any atom is -0.450 e. The molecule has 3 saturated heterocycles. The van der Waals surface area contributed by atoms with Crippen LogP contribution in [0, 0.1) is 5.41 Å². The van der Waals surface area contributed by atoms with E-state index in [0.29, 0.717) is 36.1 Å². The molecule has 0 aromatic heterocycles. The summed E-state index contributed by atoms with van der Waals surface area (Å²) in [6, 6.07) is 1.62. The van der Waals surface area contributed by atoms with Crippen LogP contribution in [-0.4, -0.2) is 77.6 Å². The van der Waals surface area contributed by atoms with Crippen molar-refractivity contribution in [2.24, 2.45) is 5.41 Å². The lowest BCUT2D eigenvalue weighted by atomic mass is 9.60. The van der Waals surface area contributed by atoms with E-state index in [2.05, 4.69) is 16.7 Å². The minimum absolute atomic E-state index is 0.150. The standard InChI is InChI=1S/C20H33N3O3/c1-3-15-5-6-18(24)23(15)16-7-9-21(10-8-16)17-11-20(12-17)13-22(14-20)19(25)26-4-2/h15-17H,3-14H2,1-2H3/t15-/m0/s1. The van der Waals surface area contributed by atoms with Gasteiger partial charge in [0.15, 0.2) is 0 Å². The Morgan fingerprint density at radius 1 is 1.12 bits per heavy atom. The van der Waals surface area contributed by atoms with E-state index < -0.39 is 0 Å². The Morgan fingerprint density at radius 3 is 2.42 bits per heavy atom. The Labute approximate surface area is 156 Å². The topological polar surface area (TPSA) is 53.1 Å². The highest BCUT2D eigenvalue weighted by Gasteiger charge is 2.55. The highest BCUT2D eigenvalue weighted by molar-refractivity contribution is 5.79. The molecule has 2 amide bonds. The van der Waals surface area contributed by atoms with Gasteiger partial charge in [-0.05, 0) is 45.4 Å². The zero-order valence-corrected chi connectivity index (χ0v) is 16.3. The van der Waals surface area contributed by atoms with Crippen LogP contribution in [0.1, 0.15) is 58.8 Å². The number of hydrogen-bond acceptors (Lipinski definition) is 4. The summed E-state index contributed by atoms with van der Waals surface area (Å²) >= 11 is 0. The summed E-state index contributed by atoms with van der Waals surface area (Å²) in [5.41, 5.74) is 0.368. The second-order valence-electron chi connectivity index (χ2n) is 8.79. The average molecular weight is 364 g/mol. The van der Waals surface area contributed by atoms with Gasteiger partial charge in [-0.1, -0.05) is 6.92 Å². The lowest BCUT2D eigenvalue weighted by Crippen LogP contribution is -2.68. The summed E-state index contributed by atoms with van der Waals surface area (Å²) < 4.78 is 5.08. The third kappa shape index (κ3) is 3.10. The Bertz CT molecular complexity index is 545. The van der Waals surface area contributed by atoms with Crippen molar-refractivity contribution in [3.8, 4) is 0 Å². The van der Waals surface area contributed by atoms with Crippen molar-refractivity contribution >= 4 is 12.0 Å². The van der Waals surface area contributed by atoms with Crippen molar-refractivity contribution < 1.29 is 14.3 Å².